The van der Waals surface area contributed by atoms with E-state index >= 15 is 0 Å². The minimum atomic E-state index is 0.406. The van der Waals surface area contributed by atoms with E-state index in [2.05, 4.69) is 50.6 Å². The van der Waals surface area contributed by atoms with E-state index in [1.807, 2.05) is 36.7 Å². The molecule has 2 N–H and O–H groups in total. The molecule has 2 aromatic carbocycles. The molecule has 6 heteroatoms. The summed E-state index contributed by atoms with van der Waals surface area (Å²) in [4.78, 5) is 7.17. The summed E-state index contributed by atoms with van der Waals surface area (Å²) in [5.41, 5.74) is 13.9. The van der Waals surface area contributed by atoms with Crippen molar-refractivity contribution in [1.82, 2.24) is 14.1 Å². The van der Waals surface area contributed by atoms with Gasteiger partial charge < -0.3 is 15.2 Å². The second-order valence-electron chi connectivity index (χ2n) is 9.17. The average Bonchev–Trinajstić information content (AvgIpc) is 3.32. The lowest BCUT2D eigenvalue weighted by molar-refractivity contribution is 0.742. The van der Waals surface area contributed by atoms with E-state index in [1.54, 1.807) is 0 Å². The number of rotatable bonds is 2. The molecule has 0 unspecified atom stereocenters. The summed E-state index contributed by atoms with van der Waals surface area (Å²) in [5, 5.41) is 9.10. The number of nitrogens with zero attached hydrogens (tertiary/aromatic N) is 5. The number of anilines is 1. The highest BCUT2D eigenvalue weighted by molar-refractivity contribution is 5.72. The van der Waals surface area contributed by atoms with Gasteiger partial charge in [0, 0.05) is 55.5 Å². The van der Waals surface area contributed by atoms with Gasteiger partial charge >= 0.3 is 0 Å². The van der Waals surface area contributed by atoms with Crippen LogP contribution in [-0.2, 0) is 6.54 Å². The highest BCUT2D eigenvalue weighted by atomic mass is 15.2. The zero-order valence-corrected chi connectivity index (χ0v) is 17.5. The van der Waals surface area contributed by atoms with Gasteiger partial charge in [-0.1, -0.05) is 12.1 Å². The van der Waals surface area contributed by atoms with Crippen molar-refractivity contribution in [2.45, 2.75) is 12.6 Å². The lowest BCUT2D eigenvalue weighted by Crippen LogP contribution is -2.28. The molecule has 2 aliphatic heterocycles. The number of aromatic nitrogens is 3. The Morgan fingerprint density at radius 2 is 1.81 bits per heavy atom. The van der Waals surface area contributed by atoms with Crippen molar-refractivity contribution in [3.63, 3.8) is 0 Å². The Labute approximate surface area is 186 Å². The maximum Gasteiger partial charge on any atom is 0.161 e. The van der Waals surface area contributed by atoms with Crippen molar-refractivity contribution >= 4 is 5.69 Å². The van der Waals surface area contributed by atoms with Crippen LogP contribution in [0.15, 0.2) is 67.1 Å². The van der Waals surface area contributed by atoms with E-state index in [0.29, 0.717) is 23.4 Å². The van der Waals surface area contributed by atoms with Crippen molar-refractivity contribution < 1.29 is 0 Å². The number of benzene rings is 2. The van der Waals surface area contributed by atoms with Gasteiger partial charge in [-0.15, -0.1) is 0 Å². The summed E-state index contributed by atoms with van der Waals surface area (Å²) < 4.78 is 4.48. The second-order valence-corrected chi connectivity index (χ2v) is 9.17. The molecule has 4 aromatic rings. The van der Waals surface area contributed by atoms with Crippen LogP contribution in [0.1, 0.15) is 11.1 Å². The molecule has 1 saturated carbocycles. The Morgan fingerprint density at radius 3 is 2.59 bits per heavy atom. The van der Waals surface area contributed by atoms with Crippen molar-refractivity contribution in [2.24, 2.45) is 17.6 Å². The first-order chi connectivity index (χ1) is 15.7. The average molecular weight is 419 g/mol. The number of piperidine rings is 1. The molecule has 2 fully saturated rings. The molecule has 32 heavy (non-hydrogen) atoms. The van der Waals surface area contributed by atoms with Gasteiger partial charge in [-0.2, -0.15) is 5.26 Å². The predicted octanol–water partition coefficient (Wildman–Crippen LogP) is 3.63. The molecule has 3 atom stereocenters. The summed E-state index contributed by atoms with van der Waals surface area (Å²) in [6, 6.07) is 19.4. The summed E-state index contributed by atoms with van der Waals surface area (Å²) in [6.45, 7) is 2.93. The standard InChI is InChI=1S/C26H22N6/c27-11-16-1-3-17(4-2-16)18-10-24-26-29-7-8-32(26)23-6-5-20(9-19(23)13-31(24)12-18)30-14-21-22(15-30)25(21)28/h1-10,12,21-22,25H,13-15,28H2/t21-,22+,25-. The van der Waals surface area contributed by atoms with E-state index in [9.17, 15) is 0 Å². The molecule has 4 heterocycles. The molecular formula is C26H22N6. The summed E-state index contributed by atoms with van der Waals surface area (Å²) >= 11 is 0. The number of hydrogen-bond donors (Lipinski definition) is 1. The molecule has 0 amide bonds. The van der Waals surface area contributed by atoms with Gasteiger partial charge in [0.1, 0.15) is 0 Å². The van der Waals surface area contributed by atoms with Gasteiger partial charge in [-0.3, -0.25) is 4.57 Å². The van der Waals surface area contributed by atoms with Gasteiger partial charge in [-0.25, -0.2) is 4.98 Å². The normalized spacial score (nSPS) is 22.4. The molecular weight excluding hydrogens is 396 g/mol. The van der Waals surface area contributed by atoms with Gasteiger partial charge in [0.15, 0.2) is 5.82 Å². The largest absolute Gasteiger partial charge is 0.371 e. The fourth-order valence-corrected chi connectivity index (χ4v) is 5.51. The minimum Gasteiger partial charge on any atom is -0.371 e. The Hall–Kier alpha value is -3.82. The molecule has 0 bridgehead atoms. The molecule has 3 aliphatic rings. The first-order valence-corrected chi connectivity index (χ1v) is 11.1. The second kappa shape index (κ2) is 6.35. The lowest BCUT2D eigenvalue weighted by Gasteiger charge is -2.23. The SMILES string of the molecule is N#Cc1ccc(-c2cc3n(c2)Cc2cc(N4C[C@@H]5[C@H](N)[C@@H]5C4)ccc2-n2ccnc2-3)cc1. The third-order valence-corrected chi connectivity index (χ3v) is 7.40. The number of hydrogen-bond acceptors (Lipinski definition) is 4. The first kappa shape index (κ1) is 17.8. The van der Waals surface area contributed by atoms with E-state index in [-0.39, 0.29) is 0 Å². The number of nitriles is 1. The van der Waals surface area contributed by atoms with Crippen molar-refractivity contribution in [3.05, 3.63) is 78.2 Å². The Bertz CT molecular complexity index is 1390. The molecule has 2 aromatic heterocycles. The molecule has 0 spiro atoms. The Kier molecular flexibility index (Phi) is 3.53. The molecule has 156 valence electrons. The zero-order valence-electron chi connectivity index (χ0n) is 17.5. The van der Waals surface area contributed by atoms with Crippen LogP contribution < -0.4 is 10.6 Å². The zero-order chi connectivity index (χ0) is 21.4. The van der Waals surface area contributed by atoms with Crippen LogP contribution in [0.4, 0.5) is 5.69 Å². The van der Waals surface area contributed by atoms with Crippen LogP contribution in [0.2, 0.25) is 0 Å². The Morgan fingerprint density at radius 1 is 1.00 bits per heavy atom. The van der Waals surface area contributed by atoms with Gasteiger partial charge in [0.25, 0.3) is 0 Å². The summed E-state index contributed by atoms with van der Waals surface area (Å²) in [6.07, 6.45) is 6.11. The Balaban J connectivity index is 1.30. The van der Waals surface area contributed by atoms with E-state index in [4.69, 9.17) is 16.0 Å². The number of nitrogens with two attached hydrogens (primary N) is 1. The third kappa shape index (κ3) is 2.52. The summed E-state index contributed by atoms with van der Waals surface area (Å²) in [7, 11) is 0. The van der Waals surface area contributed by atoms with Crippen LogP contribution in [0.25, 0.3) is 28.3 Å². The highest BCUT2D eigenvalue weighted by Crippen LogP contribution is 2.45. The van der Waals surface area contributed by atoms with Crippen molar-refractivity contribution in [1.29, 1.82) is 5.26 Å². The van der Waals surface area contributed by atoms with E-state index in [0.717, 1.165) is 42.3 Å². The van der Waals surface area contributed by atoms with Crippen LogP contribution in [-0.4, -0.2) is 33.2 Å². The monoisotopic (exact) mass is 418 g/mol. The molecule has 0 radical (unpaired) electrons. The highest BCUT2D eigenvalue weighted by Gasteiger charge is 2.53. The number of fused-ring (bicyclic) bond motifs is 6. The minimum absolute atomic E-state index is 0.406. The fraction of sp³-hybridized carbons (Fsp3) is 0.231. The van der Waals surface area contributed by atoms with Gasteiger partial charge in [0.05, 0.1) is 23.0 Å². The maximum atomic E-state index is 9.10. The van der Waals surface area contributed by atoms with E-state index in [1.165, 1.54) is 16.9 Å². The maximum absolute atomic E-state index is 9.10. The fourth-order valence-electron chi connectivity index (χ4n) is 5.51. The number of imidazole rings is 1. The van der Waals surface area contributed by atoms with Crippen LogP contribution in [0, 0.1) is 23.2 Å². The van der Waals surface area contributed by atoms with E-state index < -0.39 is 0 Å². The van der Waals surface area contributed by atoms with Crippen LogP contribution >= 0.6 is 0 Å². The molecule has 1 saturated heterocycles. The first-order valence-electron chi connectivity index (χ1n) is 11.1. The smallest absolute Gasteiger partial charge is 0.161 e. The molecule has 1 aliphatic carbocycles. The van der Waals surface area contributed by atoms with Crippen LogP contribution in [0.5, 0.6) is 0 Å². The van der Waals surface area contributed by atoms with Crippen molar-refractivity contribution in [3.8, 4) is 34.4 Å². The van der Waals surface area contributed by atoms with Gasteiger partial charge in [0.2, 0.25) is 0 Å². The predicted molar refractivity (Wildman–Crippen MR) is 123 cm³/mol. The lowest BCUT2D eigenvalue weighted by atomic mass is 10.1. The molecule has 7 rings (SSSR count). The summed E-state index contributed by atoms with van der Waals surface area (Å²) in [5.74, 6) is 2.28. The quantitative estimate of drug-likeness (QED) is 0.475. The molecule has 6 nitrogen and oxygen atoms in total. The van der Waals surface area contributed by atoms with Gasteiger partial charge in [-0.05, 0) is 59.4 Å². The topological polar surface area (TPSA) is 75.8 Å². The van der Waals surface area contributed by atoms with Crippen LogP contribution in [0.3, 0.4) is 0 Å². The van der Waals surface area contributed by atoms with Crippen molar-refractivity contribution in [2.75, 3.05) is 18.0 Å². The third-order valence-electron chi connectivity index (χ3n) is 7.40.